The van der Waals surface area contributed by atoms with Crippen molar-refractivity contribution in [3.8, 4) is 5.75 Å². The molecule has 10 heteroatoms. The third-order valence-electron chi connectivity index (χ3n) is 7.91. The van der Waals surface area contributed by atoms with Gasteiger partial charge in [-0.2, -0.15) is 0 Å². The number of hydrogen-bond acceptors (Lipinski definition) is 7. The lowest BCUT2D eigenvalue weighted by atomic mass is 9.83. The maximum atomic E-state index is 13.1. The lowest BCUT2D eigenvalue weighted by Gasteiger charge is -2.30. The summed E-state index contributed by atoms with van der Waals surface area (Å²) in [5.41, 5.74) is 6.93. The van der Waals surface area contributed by atoms with E-state index in [-0.39, 0.29) is 47.9 Å². The zero-order valence-electron chi connectivity index (χ0n) is 25.5. The van der Waals surface area contributed by atoms with E-state index in [0.717, 1.165) is 12.8 Å². The molecule has 0 radical (unpaired) electrons. The van der Waals surface area contributed by atoms with E-state index >= 15 is 0 Å². The number of rotatable bonds is 19. The minimum atomic E-state index is -0.872. The van der Waals surface area contributed by atoms with Crippen LogP contribution in [0.2, 0.25) is 0 Å². The summed E-state index contributed by atoms with van der Waals surface area (Å²) in [5, 5.41) is 19.8. The number of unbranched alkanes of at least 4 members (excludes halogenated alkanes) is 1. The summed E-state index contributed by atoms with van der Waals surface area (Å²) in [5.74, 6) is 0.0487. The lowest BCUT2D eigenvalue weighted by molar-refractivity contribution is -0.128. The molecule has 5 atom stereocenters. The summed E-state index contributed by atoms with van der Waals surface area (Å²) < 4.78 is 10.9. The molecule has 0 aromatic heterocycles. The van der Waals surface area contributed by atoms with Gasteiger partial charge in [-0.3, -0.25) is 14.4 Å². The quantitative estimate of drug-likeness (QED) is 0.159. The SMILES string of the molecule is COCCCCOc1ccccc1C(=O)NC[C@H](CC(N)C(O)CC(C(=O)NCC1CCC(=O)N1)C(C)C)C(C)C. The van der Waals surface area contributed by atoms with Crippen molar-refractivity contribution >= 4 is 17.7 Å². The third kappa shape index (κ3) is 12.0. The van der Waals surface area contributed by atoms with Crippen molar-refractivity contribution in [1.29, 1.82) is 0 Å². The van der Waals surface area contributed by atoms with Crippen molar-refractivity contribution in [1.82, 2.24) is 16.0 Å². The monoisotopic (exact) mass is 576 g/mol. The number of nitrogens with two attached hydrogens (primary N) is 1. The van der Waals surface area contributed by atoms with Crippen LogP contribution in [0.5, 0.6) is 5.75 Å². The number of hydrogen-bond donors (Lipinski definition) is 5. The van der Waals surface area contributed by atoms with E-state index in [9.17, 15) is 19.5 Å². The number of ether oxygens (including phenoxy) is 2. The Hall–Kier alpha value is -2.69. The highest BCUT2D eigenvalue weighted by Gasteiger charge is 2.31. The molecule has 6 N–H and O–H groups in total. The van der Waals surface area contributed by atoms with Gasteiger partial charge in [0.2, 0.25) is 11.8 Å². The van der Waals surface area contributed by atoms with E-state index in [1.165, 1.54) is 0 Å². The lowest BCUT2D eigenvalue weighted by Crippen LogP contribution is -2.45. The van der Waals surface area contributed by atoms with Gasteiger partial charge in [-0.1, -0.05) is 39.8 Å². The molecule has 0 spiro atoms. The van der Waals surface area contributed by atoms with Crippen molar-refractivity contribution in [3.63, 3.8) is 0 Å². The van der Waals surface area contributed by atoms with Crippen LogP contribution in [0.4, 0.5) is 0 Å². The van der Waals surface area contributed by atoms with Gasteiger partial charge in [0, 0.05) is 51.2 Å². The number of aliphatic hydroxyl groups excluding tert-OH is 1. The van der Waals surface area contributed by atoms with Gasteiger partial charge in [-0.05, 0) is 62.0 Å². The van der Waals surface area contributed by atoms with Gasteiger partial charge in [-0.15, -0.1) is 0 Å². The molecule has 2 rings (SSSR count). The van der Waals surface area contributed by atoms with E-state index in [4.69, 9.17) is 15.2 Å². The van der Waals surface area contributed by atoms with Crippen LogP contribution in [0.1, 0.15) is 76.6 Å². The molecule has 1 aromatic carbocycles. The largest absolute Gasteiger partial charge is 0.493 e. The standard InChI is InChI=1S/C31H52N4O6/c1-20(2)22(18-33-30(38)24-10-6-7-11-28(24)41-15-9-8-14-40-5)16-26(32)27(36)17-25(21(3)4)31(39)34-19-23-12-13-29(37)35-23/h6-7,10-11,20-23,25-27,36H,8-9,12-19,32H2,1-5H3,(H,33,38)(H,34,39)(H,35,37)/t22-,23?,25?,26?,27?/m0/s1. The van der Waals surface area contributed by atoms with Crippen LogP contribution in [0.15, 0.2) is 24.3 Å². The summed E-state index contributed by atoms with van der Waals surface area (Å²) in [6.45, 7) is 10.00. The number of aliphatic hydroxyl groups is 1. The second kappa shape index (κ2) is 18.0. The molecule has 3 amide bonds. The molecule has 232 valence electrons. The van der Waals surface area contributed by atoms with Crippen molar-refractivity contribution in [3.05, 3.63) is 29.8 Å². The highest BCUT2D eigenvalue weighted by molar-refractivity contribution is 5.96. The molecule has 1 aliphatic rings. The fraction of sp³-hybridized carbons (Fsp3) is 0.710. The normalized spacial score (nSPS) is 18.1. The van der Waals surface area contributed by atoms with Gasteiger partial charge in [0.25, 0.3) is 5.91 Å². The summed E-state index contributed by atoms with van der Waals surface area (Å²) in [7, 11) is 1.67. The van der Waals surface area contributed by atoms with Crippen molar-refractivity contribution in [2.75, 3.05) is 33.4 Å². The Morgan fingerprint density at radius 1 is 1.07 bits per heavy atom. The fourth-order valence-corrected chi connectivity index (χ4v) is 5.03. The van der Waals surface area contributed by atoms with Crippen LogP contribution in [0, 0.1) is 23.7 Å². The second-order valence-electron chi connectivity index (χ2n) is 11.9. The van der Waals surface area contributed by atoms with Gasteiger partial charge in [0.05, 0.1) is 18.3 Å². The van der Waals surface area contributed by atoms with Crippen LogP contribution in [0.3, 0.4) is 0 Å². The van der Waals surface area contributed by atoms with E-state index in [1.54, 1.807) is 19.2 Å². The minimum absolute atomic E-state index is 0.00761. The zero-order valence-corrected chi connectivity index (χ0v) is 25.5. The Morgan fingerprint density at radius 3 is 2.41 bits per heavy atom. The molecule has 4 unspecified atom stereocenters. The maximum Gasteiger partial charge on any atom is 0.255 e. The summed E-state index contributed by atoms with van der Waals surface area (Å²) in [6, 6.07) is 6.60. The second-order valence-corrected chi connectivity index (χ2v) is 11.9. The maximum absolute atomic E-state index is 13.1. The molecule has 1 fully saturated rings. The van der Waals surface area contributed by atoms with Crippen molar-refractivity contribution < 1.29 is 29.0 Å². The van der Waals surface area contributed by atoms with Crippen LogP contribution in [-0.2, 0) is 14.3 Å². The summed E-state index contributed by atoms with van der Waals surface area (Å²) in [4.78, 5) is 37.4. The van der Waals surface area contributed by atoms with Crippen LogP contribution in [0.25, 0.3) is 0 Å². The molecule has 0 aliphatic carbocycles. The number of nitrogens with one attached hydrogen (secondary N) is 3. The van der Waals surface area contributed by atoms with Gasteiger partial charge >= 0.3 is 0 Å². The molecule has 1 saturated heterocycles. The molecule has 10 nitrogen and oxygen atoms in total. The van der Waals surface area contributed by atoms with Crippen molar-refractivity contribution in [2.45, 2.75) is 84.4 Å². The number of para-hydroxylation sites is 1. The van der Waals surface area contributed by atoms with Gasteiger partial charge in [0.1, 0.15) is 5.75 Å². The predicted octanol–water partition coefficient (Wildman–Crippen LogP) is 2.63. The van der Waals surface area contributed by atoms with E-state index in [2.05, 4.69) is 29.8 Å². The third-order valence-corrected chi connectivity index (χ3v) is 7.91. The molecule has 0 saturated carbocycles. The molecule has 1 aromatic rings. The number of carbonyl (C=O) groups excluding carboxylic acids is 3. The molecule has 41 heavy (non-hydrogen) atoms. The Morgan fingerprint density at radius 2 is 1.78 bits per heavy atom. The van der Waals surface area contributed by atoms with Crippen LogP contribution >= 0.6 is 0 Å². The molecule has 0 bridgehead atoms. The fourth-order valence-electron chi connectivity index (χ4n) is 5.03. The first-order valence-corrected chi connectivity index (χ1v) is 15.0. The molecular formula is C31H52N4O6. The first-order valence-electron chi connectivity index (χ1n) is 15.0. The summed E-state index contributed by atoms with van der Waals surface area (Å²) >= 11 is 0. The number of benzene rings is 1. The Labute approximate surface area is 245 Å². The number of amides is 3. The predicted molar refractivity (Wildman–Crippen MR) is 159 cm³/mol. The minimum Gasteiger partial charge on any atom is -0.493 e. The first kappa shape index (κ1) is 34.5. The highest BCUT2D eigenvalue weighted by atomic mass is 16.5. The molecule has 1 aliphatic heterocycles. The number of carbonyl (C=O) groups is 3. The number of methoxy groups -OCH3 is 1. The smallest absolute Gasteiger partial charge is 0.255 e. The molecular weight excluding hydrogens is 524 g/mol. The van der Waals surface area contributed by atoms with Crippen LogP contribution < -0.4 is 26.4 Å². The van der Waals surface area contributed by atoms with E-state index in [1.807, 2.05) is 26.0 Å². The zero-order chi connectivity index (χ0) is 30.4. The topological polar surface area (TPSA) is 152 Å². The Bertz CT molecular complexity index is 956. The van der Waals surface area contributed by atoms with Gasteiger partial charge in [0.15, 0.2) is 0 Å². The van der Waals surface area contributed by atoms with Gasteiger partial charge < -0.3 is 36.3 Å². The Kier molecular flexibility index (Phi) is 15.1. The van der Waals surface area contributed by atoms with E-state index in [0.29, 0.717) is 56.9 Å². The highest BCUT2D eigenvalue weighted by Crippen LogP contribution is 2.24. The summed E-state index contributed by atoms with van der Waals surface area (Å²) in [6.07, 6.45) is 2.77. The van der Waals surface area contributed by atoms with E-state index < -0.39 is 18.1 Å². The van der Waals surface area contributed by atoms with Crippen molar-refractivity contribution in [2.24, 2.45) is 29.4 Å². The first-order chi connectivity index (χ1) is 19.5. The van der Waals surface area contributed by atoms with Crippen LogP contribution in [-0.4, -0.2) is 74.4 Å². The average molecular weight is 577 g/mol. The Balaban J connectivity index is 1.89. The average Bonchev–Trinajstić information content (AvgIpc) is 3.36. The van der Waals surface area contributed by atoms with Gasteiger partial charge in [-0.25, -0.2) is 0 Å². The molecule has 1 heterocycles.